The number of aromatic nitrogens is 2. The van der Waals surface area contributed by atoms with Gasteiger partial charge in [-0.05, 0) is 18.6 Å². The molecule has 0 saturated carbocycles. The lowest BCUT2D eigenvalue weighted by molar-refractivity contribution is -0.148. The summed E-state index contributed by atoms with van der Waals surface area (Å²) >= 11 is 0. The van der Waals surface area contributed by atoms with Crippen molar-refractivity contribution in [2.24, 2.45) is 0 Å². The van der Waals surface area contributed by atoms with E-state index in [2.05, 4.69) is 5.10 Å². The van der Waals surface area contributed by atoms with Crippen molar-refractivity contribution in [1.29, 1.82) is 0 Å². The zero-order chi connectivity index (χ0) is 22.4. The third-order valence-electron chi connectivity index (χ3n) is 4.90. The van der Waals surface area contributed by atoms with Crippen molar-refractivity contribution < 1.29 is 38.6 Å². The first-order valence-corrected chi connectivity index (χ1v) is 9.05. The highest BCUT2D eigenvalue weighted by molar-refractivity contribution is 6.25. The summed E-state index contributed by atoms with van der Waals surface area (Å²) in [6.07, 6.45) is -0.923. The fraction of sp³-hybridized carbons (Fsp3) is 0.211. The van der Waals surface area contributed by atoms with Crippen LogP contribution in [-0.2, 0) is 9.59 Å². The van der Waals surface area contributed by atoms with Gasteiger partial charge < -0.3 is 9.84 Å². The average Bonchev–Trinajstić information content (AvgIpc) is 3.27. The van der Waals surface area contributed by atoms with Gasteiger partial charge in [-0.3, -0.25) is 28.9 Å². The van der Waals surface area contributed by atoms with Gasteiger partial charge in [0.2, 0.25) is 17.7 Å². The summed E-state index contributed by atoms with van der Waals surface area (Å²) in [6.45, 7) is 1.30. The second-order valence-electron chi connectivity index (χ2n) is 6.78. The molecule has 1 N–H and O–H groups in total. The first-order valence-electron chi connectivity index (χ1n) is 9.05. The van der Waals surface area contributed by atoms with Crippen molar-refractivity contribution in [3.8, 4) is 11.6 Å². The molecule has 2 aliphatic rings. The maximum atomic E-state index is 13.1. The van der Waals surface area contributed by atoms with Gasteiger partial charge in [0.25, 0.3) is 17.7 Å². The smallest absolute Gasteiger partial charge is 0.421 e. The SMILES string of the molecule is CC(=O)n1ccc(Oc2cccc3c2C(=O)N(C2CCC(=O)N(C(=O)O)C2=O)C3=O)n1. The van der Waals surface area contributed by atoms with Gasteiger partial charge in [0.1, 0.15) is 11.8 Å². The van der Waals surface area contributed by atoms with Crippen molar-refractivity contribution in [1.82, 2.24) is 19.6 Å². The third-order valence-corrected chi connectivity index (χ3v) is 4.90. The molecule has 12 nitrogen and oxygen atoms in total. The molecule has 1 atom stereocenters. The van der Waals surface area contributed by atoms with Crippen molar-refractivity contribution in [2.75, 3.05) is 0 Å². The second kappa shape index (κ2) is 7.16. The van der Waals surface area contributed by atoms with Crippen LogP contribution in [0.5, 0.6) is 11.6 Å². The maximum Gasteiger partial charge on any atom is 0.421 e. The van der Waals surface area contributed by atoms with E-state index in [0.717, 1.165) is 4.68 Å². The van der Waals surface area contributed by atoms with Crippen molar-refractivity contribution in [2.45, 2.75) is 25.8 Å². The number of hydrogen-bond acceptors (Lipinski definition) is 8. The number of carboxylic acid groups (broad SMARTS) is 1. The van der Waals surface area contributed by atoms with E-state index in [9.17, 15) is 28.8 Å². The summed E-state index contributed by atoms with van der Waals surface area (Å²) in [7, 11) is 0. The molecule has 0 spiro atoms. The predicted octanol–water partition coefficient (Wildman–Crippen LogP) is 1.13. The number of amides is 5. The van der Waals surface area contributed by atoms with E-state index >= 15 is 0 Å². The fourth-order valence-corrected chi connectivity index (χ4v) is 3.50. The zero-order valence-electron chi connectivity index (χ0n) is 16.0. The van der Waals surface area contributed by atoms with Crippen LogP contribution in [0.2, 0.25) is 0 Å². The summed E-state index contributed by atoms with van der Waals surface area (Å²) in [6, 6.07) is 4.19. The quantitative estimate of drug-likeness (QED) is 0.711. The number of benzene rings is 1. The van der Waals surface area contributed by atoms with Crippen LogP contribution in [0.25, 0.3) is 0 Å². The molecule has 1 unspecified atom stereocenters. The average molecular weight is 426 g/mol. The molecule has 158 valence electrons. The monoisotopic (exact) mass is 426 g/mol. The minimum atomic E-state index is -1.78. The Labute approximate surface area is 173 Å². The lowest BCUT2D eigenvalue weighted by atomic mass is 10.0. The number of ether oxygens (including phenoxy) is 1. The molecule has 1 fully saturated rings. The lowest BCUT2D eigenvalue weighted by Crippen LogP contribution is -2.57. The van der Waals surface area contributed by atoms with Gasteiger partial charge in [0, 0.05) is 25.6 Å². The second-order valence-corrected chi connectivity index (χ2v) is 6.78. The van der Waals surface area contributed by atoms with E-state index < -0.39 is 35.8 Å². The van der Waals surface area contributed by atoms with E-state index in [4.69, 9.17) is 9.84 Å². The molecular weight excluding hydrogens is 412 g/mol. The molecular formula is C19H14N4O8. The Morgan fingerprint density at radius 1 is 1.13 bits per heavy atom. The number of likely N-dealkylation sites (tertiary alicyclic amines) is 1. The molecule has 0 bridgehead atoms. The Morgan fingerprint density at radius 2 is 1.87 bits per heavy atom. The van der Waals surface area contributed by atoms with E-state index in [-0.39, 0.29) is 46.4 Å². The number of fused-ring (bicyclic) bond motifs is 1. The molecule has 3 heterocycles. The van der Waals surface area contributed by atoms with Gasteiger partial charge >= 0.3 is 6.09 Å². The third kappa shape index (κ3) is 3.13. The van der Waals surface area contributed by atoms with Gasteiger partial charge in [-0.1, -0.05) is 6.07 Å². The number of imide groups is 4. The van der Waals surface area contributed by atoms with Crippen LogP contribution in [0.15, 0.2) is 30.5 Å². The van der Waals surface area contributed by atoms with Crippen LogP contribution < -0.4 is 4.74 Å². The van der Waals surface area contributed by atoms with Crippen LogP contribution in [0.1, 0.15) is 45.3 Å². The number of piperidine rings is 1. The Balaban J connectivity index is 1.67. The van der Waals surface area contributed by atoms with Crippen molar-refractivity contribution >= 4 is 35.6 Å². The number of carbonyl (C=O) groups is 6. The largest absolute Gasteiger partial charge is 0.464 e. The number of hydrogen-bond donors (Lipinski definition) is 1. The van der Waals surface area contributed by atoms with Crippen LogP contribution in [0, 0.1) is 0 Å². The summed E-state index contributed by atoms with van der Waals surface area (Å²) in [5.41, 5.74) is -0.170. The molecule has 5 amide bonds. The van der Waals surface area contributed by atoms with Crippen LogP contribution >= 0.6 is 0 Å². The van der Waals surface area contributed by atoms with E-state index in [1.165, 1.54) is 37.4 Å². The highest BCUT2D eigenvalue weighted by Gasteiger charge is 2.49. The van der Waals surface area contributed by atoms with Crippen molar-refractivity contribution in [3.63, 3.8) is 0 Å². The molecule has 0 radical (unpaired) electrons. The van der Waals surface area contributed by atoms with E-state index in [0.29, 0.717) is 4.90 Å². The molecule has 2 aliphatic heterocycles. The highest BCUT2D eigenvalue weighted by atomic mass is 16.5. The summed E-state index contributed by atoms with van der Waals surface area (Å²) in [5.74, 6) is -4.15. The summed E-state index contributed by atoms with van der Waals surface area (Å²) in [4.78, 5) is 73.6. The maximum absolute atomic E-state index is 13.1. The Bertz CT molecular complexity index is 1180. The molecule has 12 heteroatoms. The molecule has 2 aromatic rings. The van der Waals surface area contributed by atoms with E-state index in [1.54, 1.807) is 0 Å². The molecule has 4 rings (SSSR count). The summed E-state index contributed by atoms with van der Waals surface area (Å²) < 4.78 is 6.61. The van der Waals surface area contributed by atoms with Crippen LogP contribution in [0.4, 0.5) is 4.79 Å². The van der Waals surface area contributed by atoms with Crippen LogP contribution in [-0.4, -0.2) is 66.4 Å². The Hall–Kier alpha value is -4.35. The Morgan fingerprint density at radius 3 is 2.52 bits per heavy atom. The normalized spacial score (nSPS) is 18.4. The first-order chi connectivity index (χ1) is 14.7. The molecule has 1 saturated heterocycles. The molecule has 1 aromatic heterocycles. The van der Waals surface area contributed by atoms with Crippen molar-refractivity contribution in [3.05, 3.63) is 41.6 Å². The lowest BCUT2D eigenvalue weighted by Gasteiger charge is -2.31. The van der Waals surface area contributed by atoms with Crippen LogP contribution in [0.3, 0.4) is 0 Å². The standard InChI is InChI=1S/C19H14N4O8/c1-9(24)21-8-7-13(20-21)31-12-4-2-3-10-15(12)18(28)22(16(10)26)11-5-6-14(25)23(17(11)27)19(29)30/h2-4,7-8,11H,5-6H2,1H3,(H,29,30). The zero-order valence-corrected chi connectivity index (χ0v) is 16.0. The molecule has 31 heavy (non-hydrogen) atoms. The molecule has 0 aliphatic carbocycles. The van der Waals surface area contributed by atoms with Gasteiger partial charge in [0.05, 0.1) is 11.1 Å². The van der Waals surface area contributed by atoms with Gasteiger partial charge in [-0.15, -0.1) is 5.10 Å². The van der Waals surface area contributed by atoms with Gasteiger partial charge in [-0.2, -0.15) is 4.90 Å². The number of carbonyl (C=O) groups excluding carboxylic acids is 5. The van der Waals surface area contributed by atoms with Gasteiger partial charge in [-0.25, -0.2) is 9.48 Å². The first kappa shape index (κ1) is 19.9. The number of nitrogens with zero attached hydrogens (tertiary/aromatic N) is 4. The predicted molar refractivity (Wildman–Crippen MR) is 98.4 cm³/mol. The number of rotatable bonds is 3. The van der Waals surface area contributed by atoms with Gasteiger partial charge in [0.15, 0.2) is 0 Å². The van der Waals surface area contributed by atoms with E-state index in [1.807, 2.05) is 0 Å². The minimum absolute atomic E-state index is 0.00121. The summed E-state index contributed by atoms with van der Waals surface area (Å²) in [5, 5.41) is 13.0. The highest BCUT2D eigenvalue weighted by Crippen LogP contribution is 2.36. The minimum Gasteiger partial charge on any atom is -0.464 e. The Kier molecular flexibility index (Phi) is 4.61. The molecule has 1 aromatic carbocycles. The fourth-order valence-electron chi connectivity index (χ4n) is 3.50. The topological polar surface area (TPSA) is 156 Å².